The summed E-state index contributed by atoms with van der Waals surface area (Å²) in [5.74, 6) is 0.844. The summed E-state index contributed by atoms with van der Waals surface area (Å²) in [4.78, 5) is 6.31. The van der Waals surface area contributed by atoms with E-state index < -0.39 is 10.0 Å². The van der Waals surface area contributed by atoms with Crippen LogP contribution in [0.3, 0.4) is 0 Å². The number of anilines is 2. The highest BCUT2D eigenvalue weighted by molar-refractivity contribution is 9.10. The van der Waals surface area contributed by atoms with E-state index in [0.29, 0.717) is 5.69 Å². The molecule has 5 nitrogen and oxygen atoms in total. The zero-order valence-electron chi connectivity index (χ0n) is 9.85. The van der Waals surface area contributed by atoms with Crippen molar-refractivity contribution in [2.75, 3.05) is 27.4 Å². The van der Waals surface area contributed by atoms with Gasteiger partial charge in [-0.25, -0.2) is 13.4 Å². The molecule has 0 fully saturated rings. The van der Waals surface area contributed by atoms with Crippen LogP contribution in [0.25, 0.3) is 0 Å². The highest BCUT2D eigenvalue weighted by atomic mass is 79.9. The second kappa shape index (κ2) is 6.20. The van der Waals surface area contributed by atoms with Crippen molar-refractivity contribution in [1.29, 1.82) is 0 Å². The molecule has 0 saturated heterocycles. The molecule has 0 aromatic carbocycles. The average molecular weight is 322 g/mol. The summed E-state index contributed by atoms with van der Waals surface area (Å²) >= 11 is 2.91. The Morgan fingerprint density at radius 3 is 2.41 bits per heavy atom. The van der Waals surface area contributed by atoms with E-state index in [-0.39, 0.29) is 4.66 Å². The molecule has 0 bridgehead atoms. The molecule has 1 aromatic rings. The first-order chi connectivity index (χ1) is 8.02. The van der Waals surface area contributed by atoms with E-state index in [1.165, 1.54) is 6.20 Å². The van der Waals surface area contributed by atoms with Gasteiger partial charge in [0.15, 0.2) is 0 Å². The fourth-order valence-electron chi connectivity index (χ4n) is 1.39. The quantitative estimate of drug-likeness (QED) is 0.814. The van der Waals surface area contributed by atoms with Crippen molar-refractivity contribution in [2.24, 2.45) is 0 Å². The SMILES string of the molecule is CCN(CC)c1ccc(NS(=O)(=O)CBr)cn1. The first-order valence-corrected chi connectivity index (χ1v) is 8.07. The molecular weight excluding hydrogens is 306 g/mol. The minimum Gasteiger partial charge on any atom is -0.357 e. The van der Waals surface area contributed by atoms with Crippen molar-refractivity contribution in [3.63, 3.8) is 0 Å². The van der Waals surface area contributed by atoms with Crippen molar-refractivity contribution in [3.8, 4) is 0 Å². The summed E-state index contributed by atoms with van der Waals surface area (Å²) in [6.07, 6.45) is 1.52. The monoisotopic (exact) mass is 321 g/mol. The molecule has 96 valence electrons. The number of hydrogen-bond acceptors (Lipinski definition) is 4. The van der Waals surface area contributed by atoms with Gasteiger partial charge in [-0.1, -0.05) is 15.9 Å². The molecule has 0 unspecified atom stereocenters. The lowest BCUT2D eigenvalue weighted by Crippen LogP contribution is -2.23. The van der Waals surface area contributed by atoms with Crippen LogP contribution in [0, 0.1) is 0 Å². The molecule has 7 heteroatoms. The van der Waals surface area contributed by atoms with Gasteiger partial charge in [0, 0.05) is 13.1 Å². The van der Waals surface area contributed by atoms with E-state index in [2.05, 4.69) is 30.5 Å². The Kier molecular flexibility index (Phi) is 5.20. The smallest absolute Gasteiger partial charge is 0.242 e. The Bertz CT molecular complexity index is 443. The van der Waals surface area contributed by atoms with Crippen LogP contribution in [0.2, 0.25) is 0 Å². The molecule has 0 aliphatic carbocycles. The van der Waals surface area contributed by atoms with Crippen molar-refractivity contribution in [2.45, 2.75) is 13.8 Å². The van der Waals surface area contributed by atoms with Crippen molar-refractivity contribution >= 4 is 37.5 Å². The van der Waals surface area contributed by atoms with Crippen molar-refractivity contribution in [3.05, 3.63) is 18.3 Å². The van der Waals surface area contributed by atoms with E-state index in [0.717, 1.165) is 18.9 Å². The number of nitrogens with one attached hydrogen (secondary N) is 1. The second-order valence-corrected chi connectivity index (χ2v) is 6.43. The summed E-state index contributed by atoms with van der Waals surface area (Å²) in [5.41, 5.74) is 0.473. The molecule has 0 radical (unpaired) electrons. The van der Waals surface area contributed by atoms with Crippen LogP contribution in [-0.2, 0) is 10.0 Å². The number of sulfonamides is 1. The molecule has 0 spiro atoms. The number of halogens is 1. The van der Waals surface area contributed by atoms with Gasteiger partial charge < -0.3 is 4.90 Å². The number of aromatic nitrogens is 1. The van der Waals surface area contributed by atoms with Gasteiger partial charge in [-0.15, -0.1) is 0 Å². The zero-order valence-corrected chi connectivity index (χ0v) is 12.3. The zero-order chi connectivity index (χ0) is 12.9. The van der Waals surface area contributed by atoms with Crippen LogP contribution in [0.15, 0.2) is 18.3 Å². The van der Waals surface area contributed by atoms with E-state index in [9.17, 15) is 8.42 Å². The average Bonchev–Trinajstić information content (AvgIpc) is 2.32. The van der Waals surface area contributed by atoms with Crippen LogP contribution in [0.1, 0.15) is 13.8 Å². The largest absolute Gasteiger partial charge is 0.357 e. The molecule has 0 amide bonds. The summed E-state index contributed by atoms with van der Waals surface area (Å²) in [6, 6.07) is 3.51. The third kappa shape index (κ3) is 4.16. The maximum Gasteiger partial charge on any atom is 0.242 e. The molecule has 17 heavy (non-hydrogen) atoms. The Hall–Kier alpha value is -0.820. The van der Waals surface area contributed by atoms with Gasteiger partial charge >= 0.3 is 0 Å². The van der Waals surface area contributed by atoms with Crippen molar-refractivity contribution in [1.82, 2.24) is 4.98 Å². The molecule has 0 aliphatic rings. The number of nitrogens with zero attached hydrogens (tertiary/aromatic N) is 2. The minimum atomic E-state index is -3.30. The molecule has 1 heterocycles. The molecule has 1 aromatic heterocycles. The normalized spacial score (nSPS) is 11.2. The molecule has 0 saturated carbocycles. The van der Waals surface area contributed by atoms with Crippen molar-refractivity contribution < 1.29 is 8.42 Å². The predicted molar refractivity (Wildman–Crippen MR) is 74.1 cm³/mol. The van der Waals surface area contributed by atoms with E-state index in [1.54, 1.807) is 12.1 Å². The van der Waals surface area contributed by atoms with Gasteiger partial charge in [-0.3, -0.25) is 4.72 Å². The van der Waals surface area contributed by atoms with E-state index >= 15 is 0 Å². The summed E-state index contributed by atoms with van der Waals surface area (Å²) < 4.78 is 24.9. The Morgan fingerprint density at radius 2 is 2.00 bits per heavy atom. The first kappa shape index (κ1) is 14.2. The van der Waals surface area contributed by atoms with Crippen LogP contribution >= 0.6 is 15.9 Å². The summed E-state index contributed by atoms with van der Waals surface area (Å²) in [5, 5.41) is 0. The highest BCUT2D eigenvalue weighted by Gasteiger charge is 2.08. The molecule has 1 rings (SSSR count). The maximum absolute atomic E-state index is 11.3. The fourth-order valence-corrected chi connectivity index (χ4v) is 2.27. The van der Waals surface area contributed by atoms with Crippen LogP contribution < -0.4 is 9.62 Å². The third-order valence-electron chi connectivity index (χ3n) is 2.25. The predicted octanol–water partition coefficient (Wildman–Crippen LogP) is 2.02. The Balaban J connectivity index is 2.81. The van der Waals surface area contributed by atoms with Gasteiger partial charge in [0.1, 0.15) is 10.5 Å². The van der Waals surface area contributed by atoms with E-state index in [4.69, 9.17) is 0 Å². The Labute approximate surface area is 110 Å². The summed E-state index contributed by atoms with van der Waals surface area (Å²) in [7, 11) is -3.30. The van der Waals surface area contributed by atoms with Gasteiger partial charge in [0.2, 0.25) is 10.0 Å². The van der Waals surface area contributed by atoms with Gasteiger partial charge in [0.05, 0.1) is 11.9 Å². The summed E-state index contributed by atoms with van der Waals surface area (Å²) in [6.45, 7) is 5.84. The minimum absolute atomic E-state index is 0.127. The fraction of sp³-hybridized carbons (Fsp3) is 0.500. The lowest BCUT2D eigenvalue weighted by atomic mass is 10.4. The molecular formula is C10H16BrN3O2S. The van der Waals surface area contributed by atoms with E-state index in [1.807, 2.05) is 13.8 Å². The first-order valence-electron chi connectivity index (χ1n) is 5.29. The number of hydrogen-bond donors (Lipinski definition) is 1. The number of pyridine rings is 1. The third-order valence-corrected chi connectivity index (χ3v) is 4.89. The number of rotatable bonds is 6. The van der Waals surface area contributed by atoms with Gasteiger partial charge in [-0.2, -0.15) is 0 Å². The molecule has 0 atom stereocenters. The maximum atomic E-state index is 11.3. The highest BCUT2D eigenvalue weighted by Crippen LogP contribution is 2.15. The molecule has 0 aliphatic heterocycles. The van der Waals surface area contributed by atoms with Crippen LogP contribution in [-0.4, -0.2) is 31.2 Å². The van der Waals surface area contributed by atoms with Gasteiger partial charge in [-0.05, 0) is 26.0 Å². The standard InChI is InChI=1S/C10H16BrN3O2S/c1-3-14(4-2)10-6-5-9(7-12-10)13-17(15,16)8-11/h5-7,13H,3-4,8H2,1-2H3. The van der Waals surface area contributed by atoms with Crippen LogP contribution in [0.5, 0.6) is 0 Å². The van der Waals surface area contributed by atoms with Gasteiger partial charge in [0.25, 0.3) is 0 Å². The Morgan fingerprint density at radius 1 is 1.35 bits per heavy atom. The lowest BCUT2D eigenvalue weighted by molar-refractivity contribution is 0.606. The topological polar surface area (TPSA) is 62.3 Å². The van der Waals surface area contributed by atoms with Crippen LogP contribution in [0.4, 0.5) is 11.5 Å². The number of alkyl halides is 1. The molecule has 1 N–H and O–H groups in total. The second-order valence-electron chi connectivity index (χ2n) is 3.40. The lowest BCUT2D eigenvalue weighted by Gasteiger charge is -2.19.